The molecular weight excluding hydrogens is 386 g/mol. The van der Waals surface area contributed by atoms with Crippen LogP contribution in [0.25, 0.3) is 10.7 Å². The van der Waals surface area contributed by atoms with Gasteiger partial charge in [0.1, 0.15) is 11.5 Å². The Hall–Kier alpha value is -2.64. The van der Waals surface area contributed by atoms with Crippen LogP contribution in [0.1, 0.15) is 30.7 Å². The molecule has 1 aliphatic rings. The molecule has 1 aromatic carbocycles. The van der Waals surface area contributed by atoms with Crippen LogP contribution >= 0.6 is 11.3 Å². The standard InChI is InChI=1S/C22H25N3O3S/c1-3-27-16-8-7-15(19(12-16)28-4-2)13-25-10-9-17-18(14-25)23-21(24-22(17)26)20-6-5-11-29-20/h5-8,11-12H,3-4,9-10,13-14H2,1-2H3,(H,23,24,26). The number of fused-ring (bicyclic) bond motifs is 1. The third-order valence-corrected chi connectivity index (χ3v) is 5.83. The van der Waals surface area contributed by atoms with Crippen molar-refractivity contribution < 1.29 is 9.47 Å². The molecule has 4 rings (SSSR count). The predicted molar refractivity (Wildman–Crippen MR) is 115 cm³/mol. The van der Waals surface area contributed by atoms with E-state index in [0.29, 0.717) is 32.0 Å². The van der Waals surface area contributed by atoms with Gasteiger partial charge in [0.2, 0.25) is 0 Å². The summed E-state index contributed by atoms with van der Waals surface area (Å²) in [5, 5.41) is 1.99. The maximum Gasteiger partial charge on any atom is 0.254 e. The zero-order chi connectivity index (χ0) is 20.2. The van der Waals surface area contributed by atoms with Crippen molar-refractivity contribution in [2.75, 3.05) is 19.8 Å². The van der Waals surface area contributed by atoms with E-state index < -0.39 is 0 Å². The minimum atomic E-state index is -0.0193. The number of benzene rings is 1. The summed E-state index contributed by atoms with van der Waals surface area (Å²) in [4.78, 5) is 23.5. The van der Waals surface area contributed by atoms with Crippen molar-refractivity contribution in [1.82, 2.24) is 14.9 Å². The van der Waals surface area contributed by atoms with Gasteiger partial charge in [0, 0.05) is 36.8 Å². The van der Waals surface area contributed by atoms with Crippen molar-refractivity contribution in [3.63, 3.8) is 0 Å². The Morgan fingerprint density at radius 2 is 2.07 bits per heavy atom. The predicted octanol–water partition coefficient (Wildman–Crippen LogP) is 3.85. The molecular formula is C22H25N3O3S. The summed E-state index contributed by atoms with van der Waals surface area (Å²) in [5.74, 6) is 2.32. The van der Waals surface area contributed by atoms with Gasteiger partial charge in [-0.3, -0.25) is 9.69 Å². The van der Waals surface area contributed by atoms with E-state index in [9.17, 15) is 4.79 Å². The molecule has 0 fully saturated rings. The number of nitrogens with zero attached hydrogens (tertiary/aromatic N) is 2. The first-order valence-corrected chi connectivity index (χ1v) is 10.8. The van der Waals surface area contributed by atoms with E-state index in [1.165, 1.54) is 0 Å². The molecule has 1 N–H and O–H groups in total. The molecule has 3 heterocycles. The average Bonchev–Trinajstić information content (AvgIpc) is 3.25. The fourth-order valence-corrected chi connectivity index (χ4v) is 4.28. The normalized spacial score (nSPS) is 13.9. The van der Waals surface area contributed by atoms with E-state index >= 15 is 0 Å². The molecule has 0 radical (unpaired) electrons. The molecule has 3 aromatic rings. The van der Waals surface area contributed by atoms with Gasteiger partial charge in [-0.05, 0) is 37.8 Å². The number of hydrogen-bond donors (Lipinski definition) is 1. The van der Waals surface area contributed by atoms with Gasteiger partial charge in [0.05, 0.1) is 23.8 Å². The van der Waals surface area contributed by atoms with Crippen LogP contribution in [0.4, 0.5) is 0 Å². The van der Waals surface area contributed by atoms with Crippen LogP contribution in [-0.4, -0.2) is 34.6 Å². The molecule has 0 spiro atoms. The Balaban J connectivity index is 1.57. The minimum Gasteiger partial charge on any atom is -0.494 e. The van der Waals surface area contributed by atoms with Gasteiger partial charge in [-0.15, -0.1) is 11.3 Å². The lowest BCUT2D eigenvalue weighted by atomic mass is 10.0. The van der Waals surface area contributed by atoms with Gasteiger partial charge < -0.3 is 14.5 Å². The highest BCUT2D eigenvalue weighted by molar-refractivity contribution is 7.13. The second-order valence-electron chi connectivity index (χ2n) is 6.91. The van der Waals surface area contributed by atoms with Crippen LogP contribution in [-0.2, 0) is 19.5 Å². The van der Waals surface area contributed by atoms with Crippen molar-refractivity contribution in [3.05, 3.63) is 62.9 Å². The van der Waals surface area contributed by atoms with Crippen LogP contribution in [0, 0.1) is 0 Å². The molecule has 6 nitrogen and oxygen atoms in total. The maximum absolute atomic E-state index is 12.5. The van der Waals surface area contributed by atoms with Gasteiger partial charge in [-0.1, -0.05) is 12.1 Å². The second-order valence-corrected chi connectivity index (χ2v) is 7.86. The summed E-state index contributed by atoms with van der Waals surface area (Å²) in [5.41, 5.74) is 2.77. The van der Waals surface area contributed by atoms with Crippen molar-refractivity contribution in [3.8, 4) is 22.2 Å². The Kier molecular flexibility index (Phi) is 5.97. The smallest absolute Gasteiger partial charge is 0.254 e. The van der Waals surface area contributed by atoms with E-state index in [0.717, 1.165) is 46.3 Å². The molecule has 0 aliphatic carbocycles. The highest BCUT2D eigenvalue weighted by atomic mass is 32.1. The lowest BCUT2D eigenvalue weighted by Crippen LogP contribution is -2.35. The lowest BCUT2D eigenvalue weighted by molar-refractivity contribution is 0.234. The third-order valence-electron chi connectivity index (χ3n) is 4.95. The molecule has 0 bridgehead atoms. The molecule has 0 amide bonds. The van der Waals surface area contributed by atoms with E-state index in [-0.39, 0.29) is 5.56 Å². The van der Waals surface area contributed by atoms with Crippen LogP contribution in [0.2, 0.25) is 0 Å². The van der Waals surface area contributed by atoms with Crippen molar-refractivity contribution in [2.24, 2.45) is 0 Å². The summed E-state index contributed by atoms with van der Waals surface area (Å²) in [6, 6.07) is 9.94. The van der Waals surface area contributed by atoms with Crippen LogP contribution in [0.15, 0.2) is 40.5 Å². The highest BCUT2D eigenvalue weighted by Gasteiger charge is 2.22. The van der Waals surface area contributed by atoms with E-state index in [1.54, 1.807) is 11.3 Å². The number of rotatable bonds is 7. The first-order chi connectivity index (χ1) is 14.2. The number of H-pyrrole nitrogens is 1. The highest BCUT2D eigenvalue weighted by Crippen LogP contribution is 2.28. The number of aromatic amines is 1. The molecule has 0 saturated carbocycles. The van der Waals surface area contributed by atoms with Gasteiger partial charge in [-0.25, -0.2) is 4.98 Å². The Morgan fingerprint density at radius 1 is 1.21 bits per heavy atom. The largest absolute Gasteiger partial charge is 0.494 e. The van der Waals surface area contributed by atoms with Crippen LogP contribution < -0.4 is 15.0 Å². The summed E-state index contributed by atoms with van der Waals surface area (Å²) in [6.07, 6.45) is 0.698. The Labute approximate surface area is 174 Å². The third kappa shape index (κ3) is 4.36. The maximum atomic E-state index is 12.5. The SMILES string of the molecule is CCOc1ccc(CN2CCc3c(nc(-c4cccs4)[nH]c3=O)C2)c(OCC)c1. The van der Waals surface area contributed by atoms with E-state index in [4.69, 9.17) is 14.5 Å². The number of ether oxygens (including phenoxy) is 2. The number of aromatic nitrogens is 2. The van der Waals surface area contributed by atoms with Crippen LogP contribution in [0.5, 0.6) is 11.5 Å². The molecule has 0 saturated heterocycles. The van der Waals surface area contributed by atoms with Gasteiger partial charge in [0.15, 0.2) is 5.82 Å². The Morgan fingerprint density at radius 3 is 2.83 bits per heavy atom. The van der Waals surface area contributed by atoms with Gasteiger partial charge in [-0.2, -0.15) is 0 Å². The topological polar surface area (TPSA) is 67.5 Å². The number of hydrogen-bond acceptors (Lipinski definition) is 6. The molecule has 152 valence electrons. The van der Waals surface area contributed by atoms with Crippen molar-refractivity contribution in [1.29, 1.82) is 0 Å². The summed E-state index contributed by atoms with van der Waals surface area (Å²) in [6.45, 7) is 7.39. The first-order valence-electron chi connectivity index (χ1n) is 9.94. The molecule has 0 atom stereocenters. The number of nitrogens with one attached hydrogen (secondary N) is 1. The Bertz CT molecular complexity index is 1030. The quantitative estimate of drug-likeness (QED) is 0.640. The van der Waals surface area contributed by atoms with E-state index in [2.05, 4.69) is 16.0 Å². The zero-order valence-electron chi connectivity index (χ0n) is 16.7. The monoisotopic (exact) mass is 411 g/mol. The molecule has 1 aliphatic heterocycles. The first kappa shape index (κ1) is 19.7. The van der Waals surface area contributed by atoms with Crippen LogP contribution in [0.3, 0.4) is 0 Å². The fourth-order valence-electron chi connectivity index (χ4n) is 3.61. The summed E-state index contributed by atoms with van der Waals surface area (Å²) in [7, 11) is 0. The number of thiophene rings is 1. The van der Waals surface area contributed by atoms with Crippen molar-refractivity contribution >= 4 is 11.3 Å². The molecule has 0 unspecified atom stereocenters. The summed E-state index contributed by atoms with van der Waals surface area (Å²) >= 11 is 1.58. The average molecular weight is 412 g/mol. The van der Waals surface area contributed by atoms with Gasteiger partial charge >= 0.3 is 0 Å². The minimum absolute atomic E-state index is 0.0193. The summed E-state index contributed by atoms with van der Waals surface area (Å²) < 4.78 is 11.5. The zero-order valence-corrected chi connectivity index (χ0v) is 17.6. The molecule has 2 aromatic heterocycles. The molecule has 29 heavy (non-hydrogen) atoms. The second kappa shape index (κ2) is 8.80. The fraction of sp³-hybridized carbons (Fsp3) is 0.364. The molecule has 7 heteroatoms. The van der Waals surface area contributed by atoms with E-state index in [1.807, 2.05) is 43.5 Å². The van der Waals surface area contributed by atoms with Crippen molar-refractivity contribution in [2.45, 2.75) is 33.4 Å². The lowest BCUT2D eigenvalue weighted by Gasteiger charge is -2.28. The van der Waals surface area contributed by atoms with Gasteiger partial charge in [0.25, 0.3) is 5.56 Å².